The van der Waals surface area contributed by atoms with Gasteiger partial charge in [-0.25, -0.2) is 13.6 Å². The van der Waals surface area contributed by atoms with Crippen molar-refractivity contribution in [3.05, 3.63) is 35.9 Å². The summed E-state index contributed by atoms with van der Waals surface area (Å²) < 4.78 is 31.6. The minimum atomic E-state index is -2.73. The highest BCUT2D eigenvalue weighted by atomic mass is 19.3. The highest BCUT2D eigenvalue weighted by Gasteiger charge is 2.40. The molecule has 1 aliphatic carbocycles. The summed E-state index contributed by atoms with van der Waals surface area (Å²) in [6, 6.07) is 8.40. The standard InChI is InChI=1S/C16H19F2NO4/c1-12(20)23-19(14-7-9-16(17,18)10-8-14)15(21)22-11-13-5-3-2-4-6-13/h2-6,14H,7-11H2,1H3. The summed E-state index contributed by atoms with van der Waals surface area (Å²) in [4.78, 5) is 28.2. The third kappa shape index (κ3) is 5.19. The Balaban J connectivity index is 1.97. The monoisotopic (exact) mass is 327 g/mol. The molecule has 1 aromatic rings. The fourth-order valence-electron chi connectivity index (χ4n) is 2.44. The molecule has 0 unspecified atom stereocenters. The van der Waals surface area contributed by atoms with Crippen LogP contribution in [0, 0.1) is 0 Å². The lowest BCUT2D eigenvalue weighted by molar-refractivity contribution is -0.195. The molecule has 0 bridgehead atoms. The number of hydrogen-bond donors (Lipinski definition) is 0. The van der Waals surface area contributed by atoms with E-state index in [4.69, 9.17) is 9.57 Å². The molecule has 1 aliphatic rings. The zero-order chi connectivity index (χ0) is 16.9. The van der Waals surface area contributed by atoms with Crippen LogP contribution in [0.5, 0.6) is 0 Å². The minimum absolute atomic E-state index is 0.0142. The third-order valence-corrected chi connectivity index (χ3v) is 3.63. The van der Waals surface area contributed by atoms with Crippen molar-refractivity contribution in [3.63, 3.8) is 0 Å². The molecule has 0 N–H and O–H groups in total. The maximum Gasteiger partial charge on any atom is 0.443 e. The number of alkyl halides is 2. The molecular formula is C16H19F2NO4. The summed E-state index contributed by atoms with van der Waals surface area (Å²) in [5, 5.41) is 0.792. The smallest absolute Gasteiger partial charge is 0.442 e. The number of carbonyl (C=O) groups excluding carboxylic acids is 2. The molecule has 1 fully saturated rings. The van der Waals surface area contributed by atoms with Crippen LogP contribution >= 0.6 is 0 Å². The lowest BCUT2D eigenvalue weighted by atomic mass is 9.92. The van der Waals surface area contributed by atoms with Crippen LogP contribution in [0.25, 0.3) is 0 Å². The SMILES string of the molecule is CC(=O)ON(C(=O)OCc1ccccc1)C1CCC(F)(F)CC1. The van der Waals surface area contributed by atoms with Crippen molar-refractivity contribution in [2.24, 2.45) is 0 Å². The Hall–Kier alpha value is -2.18. The Bertz CT molecular complexity index is 540. The van der Waals surface area contributed by atoms with Crippen LogP contribution in [-0.2, 0) is 21.0 Å². The first-order chi connectivity index (χ1) is 10.9. The van der Waals surface area contributed by atoms with Gasteiger partial charge in [0.2, 0.25) is 5.92 Å². The quantitative estimate of drug-likeness (QED) is 0.795. The number of nitrogens with zero attached hydrogens (tertiary/aromatic N) is 1. The molecule has 1 aromatic carbocycles. The van der Waals surface area contributed by atoms with Gasteiger partial charge in [0.15, 0.2) is 0 Å². The molecule has 5 nitrogen and oxygen atoms in total. The number of rotatable bonds is 3. The van der Waals surface area contributed by atoms with E-state index in [9.17, 15) is 18.4 Å². The fraction of sp³-hybridized carbons (Fsp3) is 0.500. The van der Waals surface area contributed by atoms with E-state index in [0.29, 0.717) is 0 Å². The van der Waals surface area contributed by atoms with Crippen LogP contribution in [-0.4, -0.2) is 29.1 Å². The average Bonchev–Trinajstić information content (AvgIpc) is 2.51. The zero-order valence-electron chi connectivity index (χ0n) is 12.8. The van der Waals surface area contributed by atoms with Crippen LogP contribution in [0.4, 0.5) is 13.6 Å². The molecule has 0 aromatic heterocycles. The number of carbonyl (C=O) groups is 2. The molecule has 2 rings (SSSR count). The van der Waals surface area contributed by atoms with Gasteiger partial charge in [-0.3, -0.25) is 4.79 Å². The third-order valence-electron chi connectivity index (χ3n) is 3.63. The topological polar surface area (TPSA) is 55.8 Å². The Morgan fingerprint density at radius 3 is 2.39 bits per heavy atom. The van der Waals surface area contributed by atoms with Crippen molar-refractivity contribution >= 4 is 12.1 Å². The molecule has 0 atom stereocenters. The van der Waals surface area contributed by atoms with Gasteiger partial charge in [0.1, 0.15) is 6.61 Å². The van der Waals surface area contributed by atoms with Crippen LogP contribution in [0.3, 0.4) is 0 Å². The number of hydrogen-bond acceptors (Lipinski definition) is 4. The van der Waals surface area contributed by atoms with Gasteiger partial charge in [0.25, 0.3) is 0 Å². The van der Waals surface area contributed by atoms with E-state index in [1.807, 2.05) is 6.07 Å². The molecular weight excluding hydrogens is 308 g/mol. The van der Waals surface area contributed by atoms with E-state index >= 15 is 0 Å². The van der Waals surface area contributed by atoms with Crippen molar-refractivity contribution in [3.8, 4) is 0 Å². The number of benzene rings is 1. The largest absolute Gasteiger partial charge is 0.443 e. The summed E-state index contributed by atoms with van der Waals surface area (Å²) in [6.07, 6.45) is -1.43. The maximum absolute atomic E-state index is 13.2. The molecule has 1 saturated carbocycles. The minimum Gasteiger partial charge on any atom is -0.442 e. The lowest BCUT2D eigenvalue weighted by Crippen LogP contribution is -2.45. The predicted octanol–water partition coefficient (Wildman–Crippen LogP) is 3.68. The normalized spacial score (nSPS) is 17.3. The van der Waals surface area contributed by atoms with Gasteiger partial charge in [0, 0.05) is 19.8 Å². The molecule has 0 radical (unpaired) electrons. The molecule has 0 aliphatic heterocycles. The summed E-state index contributed by atoms with van der Waals surface area (Å²) in [5.41, 5.74) is 0.777. The summed E-state index contributed by atoms with van der Waals surface area (Å²) in [6.45, 7) is 1.16. The first-order valence-corrected chi connectivity index (χ1v) is 7.44. The number of amides is 1. The molecule has 7 heteroatoms. The molecule has 23 heavy (non-hydrogen) atoms. The van der Waals surface area contributed by atoms with Crippen molar-refractivity contribution in [1.82, 2.24) is 5.06 Å². The van der Waals surface area contributed by atoms with E-state index in [1.165, 1.54) is 0 Å². The van der Waals surface area contributed by atoms with Crippen molar-refractivity contribution < 1.29 is 27.9 Å². The van der Waals surface area contributed by atoms with E-state index in [-0.39, 0.29) is 32.3 Å². The molecule has 0 saturated heterocycles. The second-order valence-corrected chi connectivity index (χ2v) is 5.54. The second kappa shape index (κ2) is 7.39. The first-order valence-electron chi connectivity index (χ1n) is 7.44. The lowest BCUT2D eigenvalue weighted by Gasteiger charge is -2.34. The van der Waals surface area contributed by atoms with Gasteiger partial charge in [-0.15, -0.1) is 5.06 Å². The van der Waals surface area contributed by atoms with Gasteiger partial charge in [0.05, 0.1) is 6.04 Å². The number of halogens is 2. The Morgan fingerprint density at radius 2 is 1.83 bits per heavy atom. The van der Waals surface area contributed by atoms with Crippen LogP contribution in [0.2, 0.25) is 0 Å². The van der Waals surface area contributed by atoms with Crippen LogP contribution in [0.15, 0.2) is 30.3 Å². The molecule has 0 heterocycles. The highest BCUT2D eigenvalue weighted by molar-refractivity contribution is 5.71. The molecule has 1 amide bonds. The number of hydroxylamine groups is 2. The van der Waals surface area contributed by atoms with Gasteiger partial charge in [-0.1, -0.05) is 30.3 Å². The second-order valence-electron chi connectivity index (χ2n) is 5.54. The number of ether oxygens (including phenoxy) is 1. The summed E-state index contributed by atoms with van der Waals surface area (Å²) >= 11 is 0. The highest BCUT2D eigenvalue weighted by Crippen LogP contribution is 2.35. The predicted molar refractivity (Wildman–Crippen MR) is 77.4 cm³/mol. The van der Waals surface area contributed by atoms with E-state index in [1.54, 1.807) is 24.3 Å². The Labute approximate surface area is 133 Å². The van der Waals surface area contributed by atoms with Crippen molar-refractivity contribution in [1.29, 1.82) is 0 Å². The first kappa shape index (κ1) is 17.2. The Morgan fingerprint density at radius 1 is 1.22 bits per heavy atom. The molecule has 126 valence electrons. The van der Waals surface area contributed by atoms with Crippen LogP contribution < -0.4 is 0 Å². The average molecular weight is 327 g/mol. The van der Waals surface area contributed by atoms with Crippen molar-refractivity contribution in [2.45, 2.75) is 51.2 Å². The van der Waals surface area contributed by atoms with Gasteiger partial charge in [-0.05, 0) is 18.4 Å². The van der Waals surface area contributed by atoms with Gasteiger partial charge >= 0.3 is 12.1 Å². The van der Waals surface area contributed by atoms with E-state index < -0.39 is 24.0 Å². The van der Waals surface area contributed by atoms with E-state index in [0.717, 1.165) is 17.6 Å². The van der Waals surface area contributed by atoms with Crippen LogP contribution in [0.1, 0.15) is 38.2 Å². The summed E-state index contributed by atoms with van der Waals surface area (Å²) in [7, 11) is 0. The van der Waals surface area contributed by atoms with E-state index in [2.05, 4.69) is 0 Å². The van der Waals surface area contributed by atoms with Crippen molar-refractivity contribution in [2.75, 3.05) is 0 Å². The molecule has 0 spiro atoms. The van der Waals surface area contributed by atoms with Gasteiger partial charge in [-0.2, -0.15) is 0 Å². The fourth-order valence-corrected chi connectivity index (χ4v) is 2.44. The maximum atomic E-state index is 13.2. The van der Waals surface area contributed by atoms with Gasteiger partial charge < -0.3 is 9.57 Å². The summed E-state index contributed by atoms with van der Waals surface area (Å²) in [5.74, 6) is -3.43. The zero-order valence-corrected chi connectivity index (χ0v) is 12.8. The Kier molecular flexibility index (Phi) is 5.52.